The SMILES string of the molecule is CCNc1nc2cccc(OC(=O)OCC)c2n1Cc1ccc(-c2ccccc2-c2nnn[nH]2)cc1. The Balaban J connectivity index is 1.49. The van der Waals surface area contributed by atoms with Crippen molar-refractivity contribution in [2.45, 2.75) is 20.4 Å². The molecule has 10 heteroatoms. The number of H-pyrrole nitrogens is 1. The van der Waals surface area contributed by atoms with Gasteiger partial charge in [0.1, 0.15) is 5.52 Å². The summed E-state index contributed by atoms with van der Waals surface area (Å²) in [4.78, 5) is 16.8. The van der Waals surface area contributed by atoms with Gasteiger partial charge in [0.05, 0.1) is 18.7 Å². The lowest BCUT2D eigenvalue weighted by molar-refractivity contribution is 0.104. The second-order valence-electron chi connectivity index (χ2n) is 7.95. The summed E-state index contributed by atoms with van der Waals surface area (Å²) in [7, 11) is 0. The number of para-hydroxylation sites is 1. The summed E-state index contributed by atoms with van der Waals surface area (Å²) in [5.74, 6) is 1.71. The summed E-state index contributed by atoms with van der Waals surface area (Å²) in [5, 5.41) is 17.6. The number of carbonyl (C=O) groups excluding carboxylic acids is 1. The highest BCUT2D eigenvalue weighted by atomic mass is 16.7. The number of anilines is 1. The fourth-order valence-corrected chi connectivity index (χ4v) is 4.11. The average Bonchev–Trinajstić information content (AvgIpc) is 3.54. The standard InChI is InChI=1S/C26H25N7O3/c1-3-27-25-28-21-10-7-11-22(36-26(34)35-4-2)23(21)33(25)16-17-12-14-18(15-13-17)19-8-5-6-9-20(19)24-29-31-32-30-24/h5-15H,3-4,16H2,1-2H3,(H,27,28)(H,29,30,31,32). The van der Waals surface area contributed by atoms with E-state index in [0.29, 0.717) is 36.1 Å². The number of ether oxygens (including phenoxy) is 2. The largest absolute Gasteiger partial charge is 0.513 e. The molecule has 5 aromatic rings. The van der Waals surface area contributed by atoms with Crippen molar-refractivity contribution in [2.75, 3.05) is 18.5 Å². The zero-order valence-corrected chi connectivity index (χ0v) is 19.9. The molecular weight excluding hydrogens is 458 g/mol. The van der Waals surface area contributed by atoms with Crippen molar-refractivity contribution in [3.05, 3.63) is 72.3 Å². The second-order valence-corrected chi connectivity index (χ2v) is 7.95. The Bertz CT molecular complexity index is 1480. The van der Waals surface area contributed by atoms with E-state index >= 15 is 0 Å². The fraction of sp³-hybridized carbons (Fsp3) is 0.192. The summed E-state index contributed by atoms with van der Waals surface area (Å²) >= 11 is 0. The van der Waals surface area contributed by atoms with Crippen LogP contribution in [0.2, 0.25) is 0 Å². The van der Waals surface area contributed by atoms with Crippen LogP contribution in [-0.2, 0) is 11.3 Å². The van der Waals surface area contributed by atoms with Crippen molar-refractivity contribution >= 4 is 23.1 Å². The van der Waals surface area contributed by atoms with Gasteiger partial charge in [-0.1, -0.05) is 54.6 Å². The molecule has 10 nitrogen and oxygen atoms in total. The maximum absolute atomic E-state index is 12.0. The molecule has 3 aromatic carbocycles. The molecule has 0 aliphatic rings. The maximum atomic E-state index is 12.0. The van der Waals surface area contributed by atoms with Crippen molar-refractivity contribution in [3.63, 3.8) is 0 Å². The molecule has 0 radical (unpaired) electrons. The van der Waals surface area contributed by atoms with Gasteiger partial charge in [-0.2, -0.15) is 0 Å². The first-order valence-corrected chi connectivity index (χ1v) is 11.7. The Morgan fingerprint density at radius 1 is 1.00 bits per heavy atom. The molecule has 2 N–H and O–H groups in total. The Labute approximate surface area is 207 Å². The van der Waals surface area contributed by atoms with E-state index in [1.165, 1.54) is 0 Å². The first-order valence-electron chi connectivity index (χ1n) is 11.7. The third-order valence-electron chi connectivity index (χ3n) is 5.65. The maximum Gasteiger partial charge on any atom is 0.513 e. The van der Waals surface area contributed by atoms with Crippen LogP contribution in [0.3, 0.4) is 0 Å². The molecule has 2 heterocycles. The predicted molar refractivity (Wildman–Crippen MR) is 136 cm³/mol. The lowest BCUT2D eigenvalue weighted by Gasteiger charge is -2.13. The predicted octanol–water partition coefficient (Wildman–Crippen LogP) is 4.90. The first kappa shape index (κ1) is 23.0. The number of hydrogen-bond donors (Lipinski definition) is 2. The van der Waals surface area contributed by atoms with Crippen LogP contribution in [-0.4, -0.2) is 49.5 Å². The van der Waals surface area contributed by atoms with Crippen molar-refractivity contribution < 1.29 is 14.3 Å². The highest BCUT2D eigenvalue weighted by molar-refractivity contribution is 5.87. The number of fused-ring (bicyclic) bond motifs is 1. The average molecular weight is 484 g/mol. The Morgan fingerprint density at radius 2 is 1.81 bits per heavy atom. The van der Waals surface area contributed by atoms with Crippen LogP contribution >= 0.6 is 0 Å². The Kier molecular flexibility index (Phi) is 6.57. The van der Waals surface area contributed by atoms with Gasteiger partial charge in [-0.3, -0.25) is 0 Å². The number of carbonyl (C=O) groups is 1. The number of imidazole rings is 1. The molecule has 0 amide bonds. The Hall–Kier alpha value is -4.73. The van der Waals surface area contributed by atoms with Gasteiger partial charge in [0.15, 0.2) is 11.6 Å². The fourth-order valence-electron chi connectivity index (χ4n) is 4.11. The molecule has 182 valence electrons. The van der Waals surface area contributed by atoms with E-state index in [1.54, 1.807) is 19.1 Å². The lowest BCUT2D eigenvalue weighted by Crippen LogP contribution is -2.12. The molecule has 0 saturated carbocycles. The van der Waals surface area contributed by atoms with Gasteiger partial charge in [-0.25, -0.2) is 14.9 Å². The molecular formula is C26H25N7O3. The molecule has 0 aliphatic heterocycles. The minimum Gasteiger partial charge on any atom is -0.434 e. The molecule has 0 unspecified atom stereocenters. The highest BCUT2D eigenvalue weighted by Crippen LogP contribution is 2.32. The summed E-state index contributed by atoms with van der Waals surface area (Å²) in [6.45, 7) is 5.20. The van der Waals surface area contributed by atoms with Crippen molar-refractivity contribution in [3.8, 4) is 28.3 Å². The van der Waals surface area contributed by atoms with Gasteiger partial charge in [-0.15, -0.1) is 5.10 Å². The smallest absolute Gasteiger partial charge is 0.434 e. The number of benzene rings is 3. The molecule has 36 heavy (non-hydrogen) atoms. The first-order chi connectivity index (χ1) is 17.7. The van der Waals surface area contributed by atoms with E-state index < -0.39 is 6.16 Å². The lowest BCUT2D eigenvalue weighted by atomic mass is 9.98. The topological polar surface area (TPSA) is 120 Å². The molecule has 0 saturated heterocycles. The minimum atomic E-state index is -0.743. The van der Waals surface area contributed by atoms with Crippen LogP contribution in [0.5, 0.6) is 5.75 Å². The van der Waals surface area contributed by atoms with Crippen molar-refractivity contribution in [1.82, 2.24) is 30.2 Å². The van der Waals surface area contributed by atoms with Crippen LogP contribution in [0.4, 0.5) is 10.7 Å². The number of nitrogens with zero attached hydrogens (tertiary/aromatic N) is 5. The third kappa shape index (κ3) is 4.61. The van der Waals surface area contributed by atoms with Gasteiger partial charge in [-0.05, 0) is 53.1 Å². The summed E-state index contributed by atoms with van der Waals surface area (Å²) in [6.07, 6.45) is -0.743. The normalized spacial score (nSPS) is 10.9. The number of tetrazole rings is 1. The molecule has 0 atom stereocenters. The van der Waals surface area contributed by atoms with E-state index in [4.69, 9.17) is 14.5 Å². The van der Waals surface area contributed by atoms with E-state index in [2.05, 4.69) is 50.2 Å². The molecule has 0 bridgehead atoms. The number of aromatic nitrogens is 6. The van der Waals surface area contributed by atoms with E-state index in [1.807, 2.05) is 41.8 Å². The van der Waals surface area contributed by atoms with Gasteiger partial charge < -0.3 is 19.4 Å². The summed E-state index contributed by atoms with van der Waals surface area (Å²) in [6, 6.07) is 21.7. The summed E-state index contributed by atoms with van der Waals surface area (Å²) < 4.78 is 12.5. The number of aromatic amines is 1. The van der Waals surface area contributed by atoms with Crippen LogP contribution in [0.15, 0.2) is 66.7 Å². The monoisotopic (exact) mass is 483 g/mol. The van der Waals surface area contributed by atoms with Crippen LogP contribution in [0.25, 0.3) is 33.5 Å². The number of nitrogens with one attached hydrogen (secondary N) is 2. The molecule has 0 fully saturated rings. The zero-order valence-electron chi connectivity index (χ0n) is 19.9. The number of rotatable bonds is 8. The van der Waals surface area contributed by atoms with Gasteiger partial charge >= 0.3 is 6.16 Å². The van der Waals surface area contributed by atoms with Crippen LogP contribution in [0.1, 0.15) is 19.4 Å². The summed E-state index contributed by atoms with van der Waals surface area (Å²) in [5.41, 5.74) is 5.48. The van der Waals surface area contributed by atoms with Crippen LogP contribution < -0.4 is 10.1 Å². The zero-order chi connectivity index (χ0) is 24.9. The molecule has 0 aliphatic carbocycles. The number of hydrogen-bond acceptors (Lipinski definition) is 8. The van der Waals surface area contributed by atoms with Crippen molar-refractivity contribution in [2.24, 2.45) is 0 Å². The van der Waals surface area contributed by atoms with Gasteiger partial charge in [0, 0.05) is 12.1 Å². The second kappa shape index (κ2) is 10.3. The van der Waals surface area contributed by atoms with E-state index in [-0.39, 0.29) is 6.61 Å². The van der Waals surface area contributed by atoms with Gasteiger partial charge in [0.2, 0.25) is 5.95 Å². The molecule has 5 rings (SSSR count). The van der Waals surface area contributed by atoms with E-state index in [9.17, 15) is 4.79 Å². The molecule has 0 spiro atoms. The third-order valence-corrected chi connectivity index (χ3v) is 5.65. The minimum absolute atomic E-state index is 0.235. The van der Waals surface area contributed by atoms with E-state index in [0.717, 1.165) is 27.8 Å². The van der Waals surface area contributed by atoms with Crippen LogP contribution in [0, 0.1) is 0 Å². The van der Waals surface area contributed by atoms with Crippen molar-refractivity contribution in [1.29, 1.82) is 0 Å². The molecule has 2 aromatic heterocycles. The van der Waals surface area contributed by atoms with Gasteiger partial charge in [0.25, 0.3) is 0 Å². The quantitative estimate of drug-likeness (QED) is 0.236. The highest BCUT2D eigenvalue weighted by Gasteiger charge is 2.18. The Morgan fingerprint density at radius 3 is 2.53 bits per heavy atom.